The topological polar surface area (TPSA) is 43.0 Å². The van der Waals surface area contributed by atoms with Crippen LogP contribution in [0.15, 0.2) is 12.1 Å². The summed E-state index contributed by atoms with van der Waals surface area (Å²) < 4.78 is 16.3. The highest BCUT2D eigenvalue weighted by molar-refractivity contribution is 5.55. The van der Waals surface area contributed by atoms with E-state index >= 15 is 0 Å². The Bertz CT molecular complexity index is 443. The molecule has 0 bridgehead atoms. The predicted molar refractivity (Wildman–Crippen MR) is 71.9 cm³/mol. The van der Waals surface area contributed by atoms with Gasteiger partial charge in [0, 0.05) is 19.6 Å². The highest BCUT2D eigenvalue weighted by atomic mass is 16.7. The molecule has 1 fully saturated rings. The molecular weight excluding hydrogens is 244 g/mol. The van der Waals surface area contributed by atoms with Crippen LogP contribution < -0.4 is 19.5 Å². The van der Waals surface area contributed by atoms with Crippen molar-refractivity contribution in [1.29, 1.82) is 0 Å². The van der Waals surface area contributed by atoms with Crippen molar-refractivity contribution >= 4 is 0 Å². The van der Waals surface area contributed by atoms with Crippen LogP contribution in [0.4, 0.5) is 0 Å². The van der Waals surface area contributed by atoms with Crippen molar-refractivity contribution in [2.75, 3.05) is 40.1 Å². The van der Waals surface area contributed by atoms with E-state index in [1.54, 1.807) is 7.11 Å². The average molecular weight is 264 g/mol. The predicted octanol–water partition coefficient (Wildman–Crippen LogP) is 1.22. The highest BCUT2D eigenvalue weighted by Gasteiger charge is 2.21. The zero-order valence-electron chi connectivity index (χ0n) is 11.3. The van der Waals surface area contributed by atoms with Gasteiger partial charge in [0.2, 0.25) is 12.5 Å². The summed E-state index contributed by atoms with van der Waals surface area (Å²) in [4.78, 5) is 2.46. The lowest BCUT2D eigenvalue weighted by Gasteiger charge is -2.20. The quantitative estimate of drug-likeness (QED) is 0.889. The Labute approximate surface area is 113 Å². The molecule has 1 aromatic rings. The number of rotatable bonds is 3. The zero-order chi connectivity index (χ0) is 13.1. The minimum Gasteiger partial charge on any atom is -0.493 e. The Morgan fingerprint density at radius 2 is 2.21 bits per heavy atom. The summed E-state index contributed by atoms with van der Waals surface area (Å²) >= 11 is 0. The molecule has 5 heteroatoms. The van der Waals surface area contributed by atoms with Gasteiger partial charge in [-0.2, -0.15) is 0 Å². The average Bonchev–Trinajstić information content (AvgIpc) is 2.75. The van der Waals surface area contributed by atoms with Crippen LogP contribution in [0.25, 0.3) is 0 Å². The first-order chi connectivity index (χ1) is 9.36. The molecule has 0 amide bonds. The first-order valence-electron chi connectivity index (χ1n) is 6.76. The highest BCUT2D eigenvalue weighted by Crippen LogP contribution is 2.42. The first kappa shape index (κ1) is 12.6. The summed E-state index contributed by atoms with van der Waals surface area (Å²) in [6.45, 7) is 5.58. The second-order valence-corrected chi connectivity index (χ2v) is 4.91. The number of hydrogen-bond donors (Lipinski definition) is 1. The number of fused-ring (bicyclic) bond motifs is 1. The molecule has 1 aromatic carbocycles. The third kappa shape index (κ3) is 2.77. The van der Waals surface area contributed by atoms with Crippen LogP contribution in [-0.2, 0) is 6.54 Å². The standard InChI is InChI=1S/C14H20N2O3/c1-17-12-7-11(8-13-14(12)19-10-18-13)9-16-5-2-3-15-4-6-16/h7-8,15H,2-6,9-10H2,1H3. The van der Waals surface area contributed by atoms with Crippen molar-refractivity contribution < 1.29 is 14.2 Å². The molecule has 0 radical (unpaired) electrons. The molecule has 2 aliphatic heterocycles. The lowest BCUT2D eigenvalue weighted by Crippen LogP contribution is -2.27. The SMILES string of the molecule is COc1cc(CN2CCCNCC2)cc2c1OCO2. The molecule has 0 aliphatic carbocycles. The first-order valence-corrected chi connectivity index (χ1v) is 6.76. The van der Waals surface area contributed by atoms with Crippen molar-refractivity contribution in [2.45, 2.75) is 13.0 Å². The molecule has 0 saturated carbocycles. The lowest BCUT2D eigenvalue weighted by molar-refractivity contribution is 0.171. The fraction of sp³-hybridized carbons (Fsp3) is 0.571. The van der Waals surface area contributed by atoms with Gasteiger partial charge in [0.25, 0.3) is 0 Å². The van der Waals surface area contributed by atoms with Crippen LogP contribution in [0.5, 0.6) is 17.2 Å². The number of nitrogens with one attached hydrogen (secondary N) is 1. The van der Waals surface area contributed by atoms with Crippen LogP contribution >= 0.6 is 0 Å². The van der Waals surface area contributed by atoms with Gasteiger partial charge in [-0.15, -0.1) is 0 Å². The normalized spacial score (nSPS) is 19.2. The van der Waals surface area contributed by atoms with E-state index in [9.17, 15) is 0 Å². The number of hydrogen-bond acceptors (Lipinski definition) is 5. The minimum absolute atomic E-state index is 0.281. The van der Waals surface area contributed by atoms with Gasteiger partial charge in [0.15, 0.2) is 11.5 Å². The van der Waals surface area contributed by atoms with E-state index in [-0.39, 0.29) is 6.79 Å². The maximum absolute atomic E-state index is 5.46. The van der Waals surface area contributed by atoms with Crippen LogP contribution in [0.2, 0.25) is 0 Å². The maximum Gasteiger partial charge on any atom is 0.231 e. The van der Waals surface area contributed by atoms with Gasteiger partial charge in [-0.25, -0.2) is 0 Å². The van der Waals surface area contributed by atoms with E-state index in [1.807, 2.05) is 6.07 Å². The van der Waals surface area contributed by atoms with Gasteiger partial charge in [0.05, 0.1) is 7.11 Å². The molecule has 1 saturated heterocycles. The Kier molecular flexibility index (Phi) is 3.75. The van der Waals surface area contributed by atoms with Crippen LogP contribution in [-0.4, -0.2) is 45.0 Å². The molecule has 0 spiro atoms. The fourth-order valence-corrected chi connectivity index (χ4v) is 2.59. The van der Waals surface area contributed by atoms with E-state index in [1.165, 1.54) is 12.0 Å². The van der Waals surface area contributed by atoms with Gasteiger partial charge in [-0.3, -0.25) is 4.90 Å². The van der Waals surface area contributed by atoms with Crippen LogP contribution in [0.3, 0.4) is 0 Å². The Balaban J connectivity index is 1.77. The van der Waals surface area contributed by atoms with Gasteiger partial charge >= 0.3 is 0 Å². The summed E-state index contributed by atoms with van der Waals surface area (Å²) in [5.74, 6) is 2.28. The number of nitrogens with zero attached hydrogens (tertiary/aromatic N) is 1. The van der Waals surface area contributed by atoms with E-state index < -0.39 is 0 Å². The van der Waals surface area contributed by atoms with Crippen LogP contribution in [0, 0.1) is 0 Å². The molecule has 104 valence electrons. The van der Waals surface area contributed by atoms with Crippen molar-refractivity contribution in [3.8, 4) is 17.2 Å². The number of ether oxygens (including phenoxy) is 3. The van der Waals surface area contributed by atoms with Gasteiger partial charge < -0.3 is 19.5 Å². The monoisotopic (exact) mass is 264 g/mol. The summed E-state index contributed by atoms with van der Waals surface area (Å²) in [5, 5.41) is 3.42. The largest absolute Gasteiger partial charge is 0.493 e. The molecule has 0 aromatic heterocycles. The van der Waals surface area contributed by atoms with Crippen molar-refractivity contribution in [3.63, 3.8) is 0 Å². The Morgan fingerprint density at radius 3 is 3.11 bits per heavy atom. The van der Waals surface area contributed by atoms with E-state index in [0.29, 0.717) is 0 Å². The third-order valence-electron chi connectivity index (χ3n) is 3.56. The number of methoxy groups -OCH3 is 1. The van der Waals surface area contributed by atoms with E-state index in [0.717, 1.165) is 50.0 Å². The van der Waals surface area contributed by atoms with Crippen LogP contribution in [0.1, 0.15) is 12.0 Å². The molecular formula is C14H20N2O3. The molecule has 2 aliphatic rings. The molecule has 5 nitrogen and oxygen atoms in total. The molecule has 2 heterocycles. The molecule has 3 rings (SSSR count). The van der Waals surface area contributed by atoms with E-state index in [2.05, 4.69) is 16.3 Å². The molecule has 19 heavy (non-hydrogen) atoms. The zero-order valence-corrected chi connectivity index (χ0v) is 11.3. The second-order valence-electron chi connectivity index (χ2n) is 4.91. The second kappa shape index (κ2) is 5.67. The van der Waals surface area contributed by atoms with Crippen molar-refractivity contribution in [1.82, 2.24) is 10.2 Å². The van der Waals surface area contributed by atoms with E-state index in [4.69, 9.17) is 14.2 Å². The van der Waals surface area contributed by atoms with Gasteiger partial charge in [0.1, 0.15) is 0 Å². The van der Waals surface area contributed by atoms with Crippen molar-refractivity contribution in [3.05, 3.63) is 17.7 Å². The Morgan fingerprint density at radius 1 is 1.26 bits per heavy atom. The van der Waals surface area contributed by atoms with Crippen molar-refractivity contribution in [2.24, 2.45) is 0 Å². The summed E-state index contributed by atoms with van der Waals surface area (Å²) in [7, 11) is 1.66. The summed E-state index contributed by atoms with van der Waals surface area (Å²) in [5.41, 5.74) is 1.21. The molecule has 0 atom stereocenters. The van der Waals surface area contributed by atoms with Gasteiger partial charge in [-0.1, -0.05) is 0 Å². The molecule has 0 unspecified atom stereocenters. The fourth-order valence-electron chi connectivity index (χ4n) is 2.59. The number of benzene rings is 1. The van der Waals surface area contributed by atoms with Gasteiger partial charge in [-0.05, 0) is 37.2 Å². The summed E-state index contributed by atoms with van der Waals surface area (Å²) in [6, 6.07) is 4.11. The molecule has 1 N–H and O–H groups in total. The third-order valence-corrected chi connectivity index (χ3v) is 3.56. The minimum atomic E-state index is 0.281. The Hall–Kier alpha value is -1.46. The lowest BCUT2D eigenvalue weighted by atomic mass is 10.1. The smallest absolute Gasteiger partial charge is 0.231 e. The summed E-state index contributed by atoms with van der Waals surface area (Å²) in [6.07, 6.45) is 1.20. The maximum atomic E-state index is 5.46.